The molecule has 0 radical (unpaired) electrons. The number of halogens is 1. The molecule has 10 heteroatoms. The second kappa shape index (κ2) is 9.63. The lowest BCUT2D eigenvalue weighted by atomic mass is 10.3. The predicted octanol–water partition coefficient (Wildman–Crippen LogP) is 4.28. The van der Waals surface area contributed by atoms with Gasteiger partial charge in [-0.1, -0.05) is 17.7 Å². The summed E-state index contributed by atoms with van der Waals surface area (Å²) in [5.74, 6) is -0.565. The molecule has 0 bridgehead atoms. The van der Waals surface area contributed by atoms with Crippen LogP contribution in [0.1, 0.15) is 18.3 Å². The highest BCUT2D eigenvalue weighted by atomic mass is 35.5. The van der Waals surface area contributed by atoms with Crippen LogP contribution < -0.4 is 10.6 Å². The number of benzene rings is 1. The molecule has 0 saturated carbocycles. The van der Waals surface area contributed by atoms with Gasteiger partial charge >= 0.3 is 5.97 Å². The van der Waals surface area contributed by atoms with Crippen LogP contribution in [-0.4, -0.2) is 28.5 Å². The van der Waals surface area contributed by atoms with E-state index >= 15 is 0 Å². The van der Waals surface area contributed by atoms with E-state index in [0.29, 0.717) is 33.3 Å². The van der Waals surface area contributed by atoms with Crippen molar-refractivity contribution in [1.82, 2.24) is 9.97 Å². The van der Waals surface area contributed by atoms with Gasteiger partial charge in [0.05, 0.1) is 30.8 Å². The van der Waals surface area contributed by atoms with Crippen LogP contribution in [0.3, 0.4) is 0 Å². The van der Waals surface area contributed by atoms with Crippen LogP contribution in [0.2, 0.25) is 5.02 Å². The maximum Gasteiger partial charge on any atom is 0.311 e. The number of carbonyl (C=O) groups is 2. The highest BCUT2D eigenvalue weighted by Gasteiger charge is 2.12. The summed E-state index contributed by atoms with van der Waals surface area (Å²) in [4.78, 5) is 32.3. The third-order valence-electron chi connectivity index (χ3n) is 3.40. The summed E-state index contributed by atoms with van der Waals surface area (Å²) in [5, 5.41) is 11.2. The third-order valence-corrected chi connectivity index (χ3v) is 5.25. The molecular weight excluding hydrogens is 420 g/mol. The molecule has 0 aliphatic heterocycles. The molecule has 0 aliphatic carbocycles. The van der Waals surface area contributed by atoms with Crippen molar-refractivity contribution in [3.05, 3.63) is 51.4 Å². The average molecular weight is 437 g/mol. The van der Waals surface area contributed by atoms with E-state index in [1.165, 1.54) is 22.7 Å². The van der Waals surface area contributed by atoms with Gasteiger partial charge < -0.3 is 15.4 Å². The number of amides is 1. The summed E-state index contributed by atoms with van der Waals surface area (Å²) in [7, 11) is 0. The lowest BCUT2D eigenvalue weighted by molar-refractivity contribution is -0.142. The van der Waals surface area contributed by atoms with Crippen LogP contribution in [0.15, 0.2) is 35.0 Å². The predicted molar refractivity (Wildman–Crippen MR) is 112 cm³/mol. The molecule has 0 spiro atoms. The number of hydrogen-bond donors (Lipinski definition) is 2. The average Bonchev–Trinajstić information content (AvgIpc) is 3.24. The zero-order chi connectivity index (χ0) is 19.9. The lowest BCUT2D eigenvalue weighted by Crippen LogP contribution is -2.14. The number of rotatable bonds is 8. The fourth-order valence-electron chi connectivity index (χ4n) is 2.27. The summed E-state index contributed by atoms with van der Waals surface area (Å²) in [6.07, 6.45) is 0.214. The highest BCUT2D eigenvalue weighted by Crippen LogP contribution is 2.23. The van der Waals surface area contributed by atoms with Crippen LogP contribution in [0.5, 0.6) is 0 Å². The quantitative estimate of drug-likeness (QED) is 0.512. The monoisotopic (exact) mass is 436 g/mol. The van der Waals surface area contributed by atoms with Gasteiger partial charge in [-0.05, 0) is 25.1 Å². The van der Waals surface area contributed by atoms with Gasteiger partial charge in [-0.15, -0.1) is 22.7 Å². The molecule has 3 aromatic rings. The Balaban J connectivity index is 1.52. The molecule has 146 valence electrons. The largest absolute Gasteiger partial charge is 0.466 e. The van der Waals surface area contributed by atoms with Gasteiger partial charge in [0.1, 0.15) is 0 Å². The maximum absolute atomic E-state index is 12.2. The minimum atomic E-state index is -0.340. The van der Waals surface area contributed by atoms with Crippen molar-refractivity contribution in [3.8, 4) is 0 Å². The van der Waals surface area contributed by atoms with E-state index in [4.69, 9.17) is 16.3 Å². The SMILES string of the molecule is CCOC(=O)Cc1csc(NC(=O)Cc2csc(Nc3cccc(Cl)c3)n2)n1. The molecule has 2 aromatic heterocycles. The molecule has 1 amide bonds. The minimum absolute atomic E-state index is 0.0881. The minimum Gasteiger partial charge on any atom is -0.466 e. The number of esters is 1. The van der Waals surface area contributed by atoms with Gasteiger partial charge in [-0.3, -0.25) is 9.59 Å². The van der Waals surface area contributed by atoms with E-state index in [-0.39, 0.29) is 24.7 Å². The standard InChI is InChI=1S/C18H17ClN4O3S2/c1-2-26-16(25)8-14-10-28-18(22-14)23-15(24)7-13-9-27-17(21-13)20-12-5-3-4-11(19)6-12/h3-6,9-10H,2,7-8H2,1H3,(H,20,21)(H,22,23,24). The van der Waals surface area contributed by atoms with Crippen LogP contribution >= 0.6 is 34.3 Å². The van der Waals surface area contributed by atoms with E-state index in [1.807, 2.05) is 17.5 Å². The number of nitrogens with zero attached hydrogens (tertiary/aromatic N) is 2. The Morgan fingerprint density at radius 1 is 1.11 bits per heavy atom. The van der Waals surface area contributed by atoms with E-state index in [2.05, 4.69) is 20.6 Å². The van der Waals surface area contributed by atoms with E-state index in [0.717, 1.165) is 5.69 Å². The fourth-order valence-corrected chi connectivity index (χ4v) is 3.92. The van der Waals surface area contributed by atoms with Crippen molar-refractivity contribution in [2.24, 2.45) is 0 Å². The number of aromatic nitrogens is 2. The molecule has 28 heavy (non-hydrogen) atoms. The summed E-state index contributed by atoms with van der Waals surface area (Å²) in [6, 6.07) is 7.32. The first-order chi connectivity index (χ1) is 13.5. The molecular formula is C18H17ClN4O3S2. The summed E-state index contributed by atoms with van der Waals surface area (Å²) in [5.41, 5.74) is 2.05. The van der Waals surface area contributed by atoms with Crippen molar-refractivity contribution in [1.29, 1.82) is 0 Å². The van der Waals surface area contributed by atoms with Crippen LogP contribution in [-0.2, 0) is 27.2 Å². The van der Waals surface area contributed by atoms with Crippen molar-refractivity contribution in [3.63, 3.8) is 0 Å². The number of ether oxygens (including phenoxy) is 1. The molecule has 0 unspecified atom stereocenters. The first-order valence-electron chi connectivity index (χ1n) is 8.38. The van der Waals surface area contributed by atoms with Crippen LogP contribution in [0.4, 0.5) is 16.0 Å². The first kappa shape index (κ1) is 20.2. The Kier molecular flexibility index (Phi) is 6.96. The van der Waals surface area contributed by atoms with E-state index < -0.39 is 0 Å². The van der Waals surface area contributed by atoms with Gasteiger partial charge in [0.15, 0.2) is 10.3 Å². The zero-order valence-corrected chi connectivity index (χ0v) is 17.3. The third kappa shape index (κ3) is 6.01. The summed E-state index contributed by atoms with van der Waals surface area (Å²) in [6.45, 7) is 2.08. The topological polar surface area (TPSA) is 93.2 Å². The lowest BCUT2D eigenvalue weighted by Gasteiger charge is -2.02. The molecule has 0 aliphatic rings. The number of thiazole rings is 2. The van der Waals surface area contributed by atoms with Gasteiger partial charge in [-0.25, -0.2) is 9.97 Å². The Morgan fingerprint density at radius 2 is 1.82 bits per heavy atom. The number of hydrogen-bond acceptors (Lipinski definition) is 8. The number of nitrogens with one attached hydrogen (secondary N) is 2. The normalized spacial score (nSPS) is 10.5. The Morgan fingerprint density at radius 3 is 2.57 bits per heavy atom. The van der Waals surface area contributed by atoms with Gasteiger partial charge in [-0.2, -0.15) is 0 Å². The molecule has 2 N–H and O–H groups in total. The smallest absolute Gasteiger partial charge is 0.311 e. The zero-order valence-electron chi connectivity index (χ0n) is 14.9. The van der Waals surface area contributed by atoms with Gasteiger partial charge in [0, 0.05) is 21.5 Å². The molecule has 0 saturated heterocycles. The van der Waals surface area contributed by atoms with Crippen molar-refractivity contribution < 1.29 is 14.3 Å². The van der Waals surface area contributed by atoms with Crippen molar-refractivity contribution in [2.45, 2.75) is 19.8 Å². The Labute approximate surface area is 174 Å². The summed E-state index contributed by atoms with van der Waals surface area (Å²) >= 11 is 8.63. The Hall–Kier alpha value is -2.49. The fraction of sp³-hybridized carbons (Fsp3) is 0.222. The molecule has 0 fully saturated rings. The van der Waals surface area contributed by atoms with Crippen LogP contribution in [0.25, 0.3) is 0 Å². The molecule has 7 nitrogen and oxygen atoms in total. The van der Waals surface area contributed by atoms with Gasteiger partial charge in [0.25, 0.3) is 0 Å². The molecule has 3 rings (SSSR count). The number of carbonyl (C=O) groups excluding carboxylic acids is 2. The van der Waals surface area contributed by atoms with E-state index in [1.54, 1.807) is 24.4 Å². The van der Waals surface area contributed by atoms with Crippen molar-refractivity contribution >= 4 is 62.1 Å². The van der Waals surface area contributed by atoms with Gasteiger partial charge in [0.2, 0.25) is 5.91 Å². The second-order valence-electron chi connectivity index (χ2n) is 5.63. The molecule has 1 aromatic carbocycles. The van der Waals surface area contributed by atoms with Crippen LogP contribution in [0, 0.1) is 0 Å². The first-order valence-corrected chi connectivity index (χ1v) is 10.5. The molecule has 0 atom stereocenters. The highest BCUT2D eigenvalue weighted by molar-refractivity contribution is 7.14. The second-order valence-corrected chi connectivity index (χ2v) is 7.78. The summed E-state index contributed by atoms with van der Waals surface area (Å²) < 4.78 is 4.88. The molecule has 2 heterocycles. The van der Waals surface area contributed by atoms with E-state index in [9.17, 15) is 9.59 Å². The number of anilines is 3. The van der Waals surface area contributed by atoms with Crippen molar-refractivity contribution in [2.75, 3.05) is 17.2 Å². The maximum atomic E-state index is 12.2. The Bertz CT molecular complexity index is 973.